The van der Waals surface area contributed by atoms with Gasteiger partial charge in [0.25, 0.3) is 5.56 Å². The molecule has 0 radical (unpaired) electrons. The van der Waals surface area contributed by atoms with Gasteiger partial charge in [-0.2, -0.15) is 0 Å². The topological polar surface area (TPSA) is 84.7 Å². The Bertz CT molecular complexity index is 609. The average molecular weight is 276 g/mol. The molecule has 0 saturated heterocycles. The zero-order chi connectivity index (χ0) is 13.8. The Morgan fingerprint density at radius 3 is 2.84 bits per heavy atom. The van der Waals surface area contributed by atoms with Gasteiger partial charge in [0.2, 0.25) is 0 Å². The van der Waals surface area contributed by atoms with Crippen molar-refractivity contribution in [2.24, 2.45) is 5.73 Å². The molecule has 1 atom stereocenters. The van der Waals surface area contributed by atoms with E-state index in [9.17, 15) is 4.79 Å². The number of H-pyrrole nitrogens is 1. The van der Waals surface area contributed by atoms with Gasteiger partial charge in [-0.05, 0) is 25.5 Å². The van der Waals surface area contributed by atoms with Gasteiger partial charge >= 0.3 is 0 Å². The maximum Gasteiger partial charge on any atom is 0.251 e. The van der Waals surface area contributed by atoms with Crippen molar-refractivity contribution in [3.8, 4) is 0 Å². The Labute approximate surface area is 115 Å². The van der Waals surface area contributed by atoms with Crippen molar-refractivity contribution in [3.63, 3.8) is 0 Å². The van der Waals surface area contributed by atoms with Gasteiger partial charge in [-0.1, -0.05) is 18.7 Å². The summed E-state index contributed by atoms with van der Waals surface area (Å²) in [6.07, 6.45) is 2.60. The zero-order valence-corrected chi connectivity index (χ0v) is 11.7. The first-order chi connectivity index (χ1) is 9.08. The highest BCUT2D eigenvalue weighted by Gasteiger charge is 2.06. The van der Waals surface area contributed by atoms with Crippen LogP contribution in [0.5, 0.6) is 0 Å². The lowest BCUT2D eigenvalue weighted by atomic mass is 10.1. The molecule has 2 rings (SSSR count). The molecule has 3 N–H and O–H groups in total. The van der Waals surface area contributed by atoms with Gasteiger partial charge in [0.05, 0.1) is 5.69 Å². The third kappa shape index (κ3) is 3.65. The van der Waals surface area contributed by atoms with Crippen molar-refractivity contribution < 1.29 is 0 Å². The van der Waals surface area contributed by atoms with Crippen LogP contribution in [0.4, 0.5) is 0 Å². The molecule has 6 heteroatoms. The lowest BCUT2D eigenvalue weighted by Gasteiger charge is -2.08. The van der Waals surface area contributed by atoms with Gasteiger partial charge in [-0.3, -0.25) is 9.78 Å². The molecule has 0 unspecified atom stereocenters. The Balaban J connectivity index is 2.17. The summed E-state index contributed by atoms with van der Waals surface area (Å²) in [6, 6.07) is 5.27. The Morgan fingerprint density at radius 2 is 2.26 bits per heavy atom. The molecule has 0 fully saturated rings. The van der Waals surface area contributed by atoms with Gasteiger partial charge in [-0.15, -0.1) is 0 Å². The molecule has 2 aromatic rings. The molecule has 5 nitrogen and oxygen atoms in total. The molecule has 0 saturated carbocycles. The molecule has 0 aromatic carbocycles. The molecule has 0 aliphatic carbocycles. The summed E-state index contributed by atoms with van der Waals surface area (Å²) in [6.45, 7) is 3.82. The van der Waals surface area contributed by atoms with E-state index in [1.54, 1.807) is 13.1 Å². The molecule has 0 aliphatic heterocycles. The second-order valence-corrected chi connectivity index (χ2v) is 5.29. The molecule has 2 heterocycles. The van der Waals surface area contributed by atoms with E-state index in [1.807, 2.05) is 19.1 Å². The molecule has 0 spiro atoms. The highest BCUT2D eigenvalue weighted by molar-refractivity contribution is 7.99. The lowest BCUT2D eigenvalue weighted by molar-refractivity contribution is 0.674. The van der Waals surface area contributed by atoms with Crippen LogP contribution in [0, 0.1) is 6.92 Å². The van der Waals surface area contributed by atoms with Crippen LogP contribution in [0.2, 0.25) is 0 Å². The summed E-state index contributed by atoms with van der Waals surface area (Å²) in [5.74, 6) is 0. The Hall–Kier alpha value is -1.66. The second-order valence-electron chi connectivity index (χ2n) is 4.23. The number of hydrogen-bond acceptors (Lipinski definition) is 5. The van der Waals surface area contributed by atoms with Crippen LogP contribution in [-0.2, 0) is 0 Å². The van der Waals surface area contributed by atoms with Gasteiger partial charge < -0.3 is 10.7 Å². The summed E-state index contributed by atoms with van der Waals surface area (Å²) < 4.78 is 0. The number of aromatic nitrogens is 3. The molecule has 2 aromatic heterocycles. The summed E-state index contributed by atoms with van der Waals surface area (Å²) in [4.78, 5) is 23.5. The first kappa shape index (κ1) is 13.8. The van der Waals surface area contributed by atoms with E-state index in [4.69, 9.17) is 5.73 Å². The predicted molar refractivity (Wildman–Crippen MR) is 75.2 cm³/mol. The van der Waals surface area contributed by atoms with Crippen molar-refractivity contribution in [1.82, 2.24) is 15.0 Å². The fraction of sp³-hybridized carbons (Fsp3) is 0.308. The standard InChI is InChI=1S/C13H16N4OS/c1-3-10(14)11-5-4-9(7-15-11)19-13-16-8(2)6-12(18)17-13/h4-7,10H,3,14H2,1-2H3,(H,16,17,18)/t10-/m1/s1. The third-order valence-corrected chi connectivity index (χ3v) is 3.51. The van der Waals surface area contributed by atoms with Crippen LogP contribution in [0.3, 0.4) is 0 Å². The minimum atomic E-state index is -0.146. The largest absolute Gasteiger partial charge is 0.323 e. The number of nitrogens with two attached hydrogens (primary N) is 1. The highest BCUT2D eigenvalue weighted by Crippen LogP contribution is 2.24. The molecule has 19 heavy (non-hydrogen) atoms. The van der Waals surface area contributed by atoms with Crippen LogP contribution in [0.1, 0.15) is 30.8 Å². The fourth-order valence-corrected chi connectivity index (χ4v) is 2.40. The zero-order valence-electron chi connectivity index (χ0n) is 10.9. The van der Waals surface area contributed by atoms with Crippen molar-refractivity contribution >= 4 is 11.8 Å². The number of nitrogens with one attached hydrogen (secondary N) is 1. The van der Waals surface area contributed by atoms with Gasteiger partial charge in [-0.25, -0.2) is 4.98 Å². The lowest BCUT2D eigenvalue weighted by Crippen LogP contribution is -2.10. The van der Waals surface area contributed by atoms with E-state index in [0.717, 1.165) is 17.0 Å². The summed E-state index contributed by atoms with van der Waals surface area (Å²) in [5.41, 5.74) is 7.33. The van der Waals surface area contributed by atoms with Crippen LogP contribution >= 0.6 is 11.8 Å². The smallest absolute Gasteiger partial charge is 0.251 e. The predicted octanol–water partition coefficient (Wildman–Crippen LogP) is 2.03. The molecule has 0 bridgehead atoms. The van der Waals surface area contributed by atoms with E-state index in [2.05, 4.69) is 15.0 Å². The summed E-state index contributed by atoms with van der Waals surface area (Å²) in [7, 11) is 0. The van der Waals surface area contributed by atoms with Gasteiger partial charge in [0.1, 0.15) is 0 Å². The molecular weight excluding hydrogens is 260 g/mol. The Morgan fingerprint density at radius 1 is 1.47 bits per heavy atom. The minimum Gasteiger partial charge on any atom is -0.323 e. The monoisotopic (exact) mass is 276 g/mol. The van der Waals surface area contributed by atoms with Crippen LogP contribution in [0.15, 0.2) is 39.2 Å². The van der Waals surface area contributed by atoms with Crippen LogP contribution in [-0.4, -0.2) is 15.0 Å². The number of aryl methyl sites for hydroxylation is 1. The number of nitrogens with zero attached hydrogens (tertiary/aromatic N) is 2. The quantitative estimate of drug-likeness (QED) is 0.835. The molecule has 100 valence electrons. The van der Waals surface area contributed by atoms with Crippen molar-refractivity contribution in [2.75, 3.05) is 0 Å². The maximum atomic E-state index is 11.3. The number of aromatic amines is 1. The average Bonchev–Trinajstić information content (AvgIpc) is 2.37. The van der Waals surface area contributed by atoms with E-state index in [1.165, 1.54) is 17.8 Å². The molecule has 0 amide bonds. The second kappa shape index (κ2) is 5.99. The third-order valence-electron chi connectivity index (χ3n) is 2.64. The molecule has 0 aliphatic rings. The van der Waals surface area contributed by atoms with E-state index in [0.29, 0.717) is 10.9 Å². The van der Waals surface area contributed by atoms with E-state index in [-0.39, 0.29) is 11.6 Å². The first-order valence-corrected chi connectivity index (χ1v) is 6.87. The number of rotatable bonds is 4. The van der Waals surface area contributed by atoms with Gasteiger partial charge in [0, 0.05) is 28.9 Å². The van der Waals surface area contributed by atoms with E-state index >= 15 is 0 Å². The van der Waals surface area contributed by atoms with E-state index < -0.39 is 0 Å². The number of hydrogen-bond donors (Lipinski definition) is 2. The van der Waals surface area contributed by atoms with Gasteiger partial charge in [0.15, 0.2) is 5.16 Å². The SMILES string of the molecule is CC[C@@H](N)c1ccc(Sc2nc(C)cc(=O)[nH]2)cn1. The normalized spacial score (nSPS) is 12.4. The fourth-order valence-electron chi connectivity index (χ4n) is 1.59. The van der Waals surface area contributed by atoms with Crippen LogP contribution in [0.25, 0.3) is 0 Å². The summed E-state index contributed by atoms with van der Waals surface area (Å²) in [5, 5.41) is 0.569. The minimum absolute atomic E-state index is 0.0315. The maximum absolute atomic E-state index is 11.3. The Kier molecular flexibility index (Phi) is 4.34. The number of pyridine rings is 1. The van der Waals surface area contributed by atoms with Crippen LogP contribution < -0.4 is 11.3 Å². The summed E-state index contributed by atoms with van der Waals surface area (Å²) >= 11 is 1.37. The van der Waals surface area contributed by atoms with Crippen molar-refractivity contribution in [2.45, 2.75) is 36.4 Å². The highest BCUT2D eigenvalue weighted by atomic mass is 32.2. The van der Waals surface area contributed by atoms with Crippen molar-refractivity contribution in [3.05, 3.63) is 46.1 Å². The first-order valence-electron chi connectivity index (χ1n) is 6.06. The molecular formula is C13H16N4OS. The van der Waals surface area contributed by atoms with Crippen molar-refractivity contribution in [1.29, 1.82) is 0 Å².